The Morgan fingerprint density at radius 3 is 2.81 bits per heavy atom. The second-order valence-electron chi connectivity index (χ2n) is 4.58. The van der Waals surface area contributed by atoms with Crippen molar-refractivity contribution < 1.29 is 4.74 Å². The second-order valence-corrected chi connectivity index (χ2v) is 4.58. The van der Waals surface area contributed by atoms with Gasteiger partial charge in [-0.1, -0.05) is 0 Å². The first-order valence-electron chi connectivity index (χ1n) is 6.03. The second kappa shape index (κ2) is 4.01. The molecular weight excluding hydrogens is 202 g/mol. The quantitative estimate of drug-likeness (QED) is 0.772. The topological polar surface area (TPSA) is 38.2 Å². The molecule has 1 saturated carbocycles. The van der Waals surface area contributed by atoms with Crippen LogP contribution in [0.5, 0.6) is 0 Å². The summed E-state index contributed by atoms with van der Waals surface area (Å²) in [5.41, 5.74) is 0. The molecule has 0 N–H and O–H groups in total. The number of nitrogens with zero attached hydrogens (tertiary/aromatic N) is 3. The van der Waals surface area contributed by atoms with Crippen LogP contribution in [0.4, 0.5) is 5.95 Å². The van der Waals surface area contributed by atoms with Crippen molar-refractivity contribution in [1.82, 2.24) is 9.97 Å². The van der Waals surface area contributed by atoms with Gasteiger partial charge < -0.3 is 9.64 Å². The fraction of sp³-hybridized carbons (Fsp3) is 0.667. The smallest absolute Gasteiger partial charge is 0.225 e. The Labute approximate surface area is 95.7 Å². The van der Waals surface area contributed by atoms with Gasteiger partial charge in [0.15, 0.2) is 0 Å². The van der Waals surface area contributed by atoms with Gasteiger partial charge in [0.05, 0.1) is 6.10 Å². The molecule has 2 bridgehead atoms. The van der Waals surface area contributed by atoms with Crippen LogP contribution in [0, 0.1) is 5.92 Å². The van der Waals surface area contributed by atoms with Gasteiger partial charge in [0.2, 0.25) is 5.95 Å². The number of anilines is 1. The maximum Gasteiger partial charge on any atom is 0.225 e. The molecule has 1 aromatic rings. The van der Waals surface area contributed by atoms with Crippen molar-refractivity contribution in [3.8, 4) is 0 Å². The van der Waals surface area contributed by atoms with Crippen LogP contribution < -0.4 is 4.90 Å². The minimum Gasteiger partial charge on any atom is -0.378 e. The van der Waals surface area contributed by atoms with Gasteiger partial charge in [-0.3, -0.25) is 0 Å². The third-order valence-corrected chi connectivity index (χ3v) is 3.67. The van der Waals surface area contributed by atoms with Gasteiger partial charge in [0.25, 0.3) is 0 Å². The summed E-state index contributed by atoms with van der Waals surface area (Å²) in [6, 6.07) is 2.45. The van der Waals surface area contributed by atoms with Gasteiger partial charge in [0, 0.05) is 37.5 Å². The minimum absolute atomic E-state index is 0.468. The van der Waals surface area contributed by atoms with Crippen LogP contribution in [-0.4, -0.2) is 35.3 Å². The summed E-state index contributed by atoms with van der Waals surface area (Å²) in [6.45, 7) is 3.96. The fourth-order valence-electron chi connectivity index (χ4n) is 3.01. The van der Waals surface area contributed by atoms with E-state index < -0.39 is 0 Å². The Kier molecular flexibility index (Phi) is 2.52. The van der Waals surface area contributed by atoms with Crippen molar-refractivity contribution in [3.05, 3.63) is 18.5 Å². The first-order chi connectivity index (χ1) is 7.88. The number of ether oxygens (including phenoxy) is 1. The molecule has 4 nitrogen and oxygen atoms in total. The van der Waals surface area contributed by atoms with Crippen molar-refractivity contribution in [2.75, 3.05) is 18.1 Å². The average Bonchev–Trinajstić information content (AvgIpc) is 2.90. The molecule has 1 aromatic heterocycles. The summed E-state index contributed by atoms with van der Waals surface area (Å²) >= 11 is 0. The van der Waals surface area contributed by atoms with Gasteiger partial charge in [-0.2, -0.15) is 0 Å². The van der Waals surface area contributed by atoms with E-state index in [0.29, 0.717) is 18.1 Å². The van der Waals surface area contributed by atoms with Crippen LogP contribution in [0.2, 0.25) is 0 Å². The lowest BCUT2D eigenvalue weighted by Crippen LogP contribution is -2.39. The Hall–Kier alpha value is -1.16. The average molecular weight is 219 g/mol. The molecule has 0 amide bonds. The van der Waals surface area contributed by atoms with E-state index in [-0.39, 0.29) is 0 Å². The highest BCUT2D eigenvalue weighted by molar-refractivity contribution is 5.35. The lowest BCUT2D eigenvalue weighted by molar-refractivity contribution is 0.0326. The number of aromatic nitrogens is 2. The van der Waals surface area contributed by atoms with E-state index in [1.54, 1.807) is 0 Å². The predicted molar refractivity (Wildman–Crippen MR) is 61.3 cm³/mol. The lowest BCUT2D eigenvalue weighted by atomic mass is 10.1. The zero-order valence-corrected chi connectivity index (χ0v) is 9.54. The van der Waals surface area contributed by atoms with E-state index in [2.05, 4.69) is 21.8 Å². The standard InChI is InChI=1S/C12H17N3O/c1-2-16-11-7-10-6-9(11)8-15(10)12-13-4-3-5-14-12/h3-5,9-11H,2,6-8H2,1H3/t9?,10?,11-/m1/s1. The van der Waals surface area contributed by atoms with Crippen molar-refractivity contribution in [2.24, 2.45) is 5.92 Å². The Morgan fingerprint density at radius 2 is 2.19 bits per heavy atom. The largest absolute Gasteiger partial charge is 0.378 e. The molecule has 1 aliphatic carbocycles. The van der Waals surface area contributed by atoms with Gasteiger partial charge in [0.1, 0.15) is 0 Å². The highest BCUT2D eigenvalue weighted by Crippen LogP contribution is 2.40. The van der Waals surface area contributed by atoms with Crippen molar-refractivity contribution in [1.29, 1.82) is 0 Å². The summed E-state index contributed by atoms with van der Waals surface area (Å²) < 4.78 is 5.75. The van der Waals surface area contributed by atoms with Crippen LogP contribution in [0.25, 0.3) is 0 Å². The van der Waals surface area contributed by atoms with E-state index in [4.69, 9.17) is 4.74 Å². The summed E-state index contributed by atoms with van der Waals surface area (Å²) in [5.74, 6) is 1.55. The van der Waals surface area contributed by atoms with Crippen LogP contribution >= 0.6 is 0 Å². The first kappa shape index (κ1) is 10.0. The number of hydrogen-bond acceptors (Lipinski definition) is 4. The van der Waals surface area contributed by atoms with E-state index >= 15 is 0 Å². The highest BCUT2D eigenvalue weighted by Gasteiger charge is 2.45. The molecule has 1 aliphatic heterocycles. The summed E-state index contributed by atoms with van der Waals surface area (Å²) in [5, 5.41) is 0. The van der Waals surface area contributed by atoms with Crippen molar-refractivity contribution in [2.45, 2.75) is 31.9 Å². The number of fused-ring (bicyclic) bond motifs is 2. The van der Waals surface area contributed by atoms with Crippen LogP contribution in [0.15, 0.2) is 18.5 Å². The molecule has 1 saturated heterocycles. The highest BCUT2D eigenvalue weighted by atomic mass is 16.5. The molecule has 0 spiro atoms. The number of piperidine rings is 1. The monoisotopic (exact) mass is 219 g/mol. The molecule has 0 radical (unpaired) electrons. The zero-order valence-electron chi connectivity index (χ0n) is 9.54. The molecule has 2 fully saturated rings. The van der Waals surface area contributed by atoms with E-state index in [9.17, 15) is 0 Å². The molecule has 86 valence electrons. The number of rotatable bonds is 3. The summed E-state index contributed by atoms with van der Waals surface area (Å²) in [4.78, 5) is 11.0. The number of hydrogen-bond donors (Lipinski definition) is 0. The SMILES string of the molecule is CCO[C@@H]1CC2CC1CN2c1ncccn1. The van der Waals surface area contributed by atoms with E-state index in [1.807, 2.05) is 18.5 Å². The predicted octanol–water partition coefficient (Wildman–Crippen LogP) is 1.48. The maximum atomic E-state index is 5.75. The first-order valence-corrected chi connectivity index (χ1v) is 6.03. The van der Waals surface area contributed by atoms with Gasteiger partial charge in [-0.15, -0.1) is 0 Å². The van der Waals surface area contributed by atoms with Gasteiger partial charge in [-0.25, -0.2) is 9.97 Å². The van der Waals surface area contributed by atoms with E-state index in [0.717, 1.165) is 25.5 Å². The third-order valence-electron chi connectivity index (χ3n) is 3.67. The minimum atomic E-state index is 0.468. The molecule has 2 heterocycles. The fourth-order valence-corrected chi connectivity index (χ4v) is 3.01. The third kappa shape index (κ3) is 1.57. The van der Waals surface area contributed by atoms with Gasteiger partial charge >= 0.3 is 0 Å². The zero-order chi connectivity index (χ0) is 11.0. The molecule has 4 heteroatoms. The van der Waals surface area contributed by atoms with Crippen LogP contribution in [-0.2, 0) is 4.74 Å². The molecule has 3 rings (SSSR count). The summed E-state index contributed by atoms with van der Waals surface area (Å²) in [7, 11) is 0. The molecular formula is C12H17N3O. The Balaban J connectivity index is 1.71. The molecule has 0 aromatic carbocycles. The Bertz CT molecular complexity index is 357. The van der Waals surface area contributed by atoms with Crippen molar-refractivity contribution in [3.63, 3.8) is 0 Å². The molecule has 2 unspecified atom stereocenters. The molecule has 3 atom stereocenters. The van der Waals surface area contributed by atoms with Crippen LogP contribution in [0.3, 0.4) is 0 Å². The maximum absolute atomic E-state index is 5.75. The lowest BCUT2D eigenvalue weighted by Gasteiger charge is -2.31. The van der Waals surface area contributed by atoms with E-state index in [1.165, 1.54) is 6.42 Å². The molecule has 16 heavy (non-hydrogen) atoms. The van der Waals surface area contributed by atoms with Crippen molar-refractivity contribution >= 4 is 5.95 Å². The summed E-state index contributed by atoms with van der Waals surface area (Å²) in [6.07, 6.45) is 6.47. The van der Waals surface area contributed by atoms with Gasteiger partial charge in [-0.05, 0) is 25.8 Å². The normalized spacial score (nSPS) is 32.3. The molecule has 2 aliphatic rings. The Morgan fingerprint density at radius 1 is 1.38 bits per heavy atom. The van der Waals surface area contributed by atoms with Crippen LogP contribution in [0.1, 0.15) is 19.8 Å².